The molecule has 0 N–H and O–H groups in total. The van der Waals surface area contributed by atoms with Crippen molar-refractivity contribution in [1.82, 2.24) is 0 Å². The maximum Gasteiger partial charge on any atom is 0.387 e. The van der Waals surface area contributed by atoms with Crippen LogP contribution < -0.4 is 4.90 Å². The third kappa shape index (κ3) is 2.63. The van der Waals surface area contributed by atoms with Crippen LogP contribution in [0.25, 0.3) is 0 Å². The van der Waals surface area contributed by atoms with Crippen LogP contribution in [0.5, 0.6) is 0 Å². The van der Waals surface area contributed by atoms with E-state index in [4.69, 9.17) is 4.74 Å². The summed E-state index contributed by atoms with van der Waals surface area (Å²) >= 11 is 0. The van der Waals surface area contributed by atoms with E-state index >= 15 is 0 Å². The lowest BCUT2D eigenvalue weighted by Gasteiger charge is -2.43. The molecule has 0 fully saturated rings. The molecule has 1 heterocycles. The van der Waals surface area contributed by atoms with Gasteiger partial charge in [0.15, 0.2) is 0 Å². The van der Waals surface area contributed by atoms with E-state index in [1.807, 2.05) is 59.5 Å². The number of rotatable bonds is 4. The standard InChI is InChI=1S/C19H20N2O4/c1-3-25-18(22)19(21(23)24)13-15-11-7-8-12-16(15)20(2)17(19)14-9-5-4-6-10-14/h4-12,17H,3,13H2,1-2H3/t17-,19+/m0/s1. The van der Waals surface area contributed by atoms with Gasteiger partial charge in [0.05, 0.1) is 13.0 Å². The average molecular weight is 340 g/mol. The van der Waals surface area contributed by atoms with Gasteiger partial charge in [-0.1, -0.05) is 48.5 Å². The zero-order valence-electron chi connectivity index (χ0n) is 14.2. The van der Waals surface area contributed by atoms with Gasteiger partial charge < -0.3 is 9.64 Å². The van der Waals surface area contributed by atoms with Crippen LogP contribution in [0.2, 0.25) is 0 Å². The SMILES string of the molecule is CCOC(=O)[C@@]1([N+](=O)[O-])Cc2ccccc2N(C)[C@H]1c1ccccc1. The molecule has 0 bridgehead atoms. The number of fused-ring (bicyclic) bond motifs is 1. The Morgan fingerprint density at radius 3 is 2.52 bits per heavy atom. The molecular formula is C19H20N2O4. The Kier molecular flexibility index (Phi) is 4.44. The van der Waals surface area contributed by atoms with Crippen molar-refractivity contribution in [3.05, 3.63) is 75.8 Å². The number of para-hydroxylation sites is 1. The zero-order valence-corrected chi connectivity index (χ0v) is 14.2. The molecule has 2 aromatic rings. The molecule has 0 saturated heterocycles. The van der Waals surface area contributed by atoms with E-state index in [0.717, 1.165) is 11.3 Å². The van der Waals surface area contributed by atoms with Crippen LogP contribution in [-0.2, 0) is 16.0 Å². The second-order valence-electron chi connectivity index (χ2n) is 6.13. The molecule has 1 aliphatic heterocycles. The number of carbonyl (C=O) groups excluding carboxylic acids is 1. The number of hydrogen-bond donors (Lipinski definition) is 0. The lowest BCUT2D eigenvalue weighted by Crippen LogP contribution is -2.60. The lowest BCUT2D eigenvalue weighted by atomic mass is 9.76. The number of ether oxygens (including phenoxy) is 1. The molecule has 0 aromatic heterocycles. The molecule has 0 radical (unpaired) electrons. The maximum atomic E-state index is 12.8. The highest BCUT2D eigenvalue weighted by Crippen LogP contribution is 2.45. The van der Waals surface area contributed by atoms with Crippen molar-refractivity contribution in [2.75, 3.05) is 18.6 Å². The quantitative estimate of drug-likeness (QED) is 0.486. The van der Waals surface area contributed by atoms with Gasteiger partial charge in [-0.3, -0.25) is 10.1 Å². The number of likely N-dealkylation sites (N-methyl/N-ethyl adjacent to an activating group) is 1. The van der Waals surface area contributed by atoms with Crippen LogP contribution in [0, 0.1) is 10.1 Å². The first-order valence-corrected chi connectivity index (χ1v) is 8.19. The Bertz CT molecular complexity index is 793. The molecule has 3 rings (SSSR count). The van der Waals surface area contributed by atoms with Gasteiger partial charge in [0.1, 0.15) is 6.04 Å². The summed E-state index contributed by atoms with van der Waals surface area (Å²) in [5.41, 5.74) is 0.477. The normalized spacial score (nSPS) is 22.2. The molecule has 6 nitrogen and oxygen atoms in total. The Balaban J connectivity index is 2.25. The molecule has 0 saturated carbocycles. The highest BCUT2D eigenvalue weighted by atomic mass is 16.6. The number of benzene rings is 2. The number of anilines is 1. The second-order valence-corrected chi connectivity index (χ2v) is 6.13. The van der Waals surface area contributed by atoms with Gasteiger partial charge in [0.25, 0.3) is 0 Å². The summed E-state index contributed by atoms with van der Waals surface area (Å²) in [5.74, 6) is -0.796. The Labute approximate surface area is 146 Å². The van der Waals surface area contributed by atoms with E-state index in [2.05, 4.69) is 0 Å². The van der Waals surface area contributed by atoms with Crippen molar-refractivity contribution < 1.29 is 14.5 Å². The molecule has 2 aromatic carbocycles. The summed E-state index contributed by atoms with van der Waals surface area (Å²) in [5, 5.41) is 12.2. The molecule has 25 heavy (non-hydrogen) atoms. The molecule has 2 atom stereocenters. The molecule has 0 aliphatic carbocycles. The van der Waals surface area contributed by atoms with Gasteiger partial charge in [-0.15, -0.1) is 0 Å². The van der Waals surface area contributed by atoms with Crippen LogP contribution in [0.1, 0.15) is 24.1 Å². The fourth-order valence-corrected chi connectivity index (χ4v) is 3.66. The Morgan fingerprint density at radius 1 is 1.24 bits per heavy atom. The molecule has 0 amide bonds. The predicted molar refractivity (Wildman–Crippen MR) is 94.1 cm³/mol. The van der Waals surface area contributed by atoms with Crippen LogP contribution >= 0.6 is 0 Å². The van der Waals surface area contributed by atoms with Gasteiger partial charge in [-0.25, -0.2) is 4.79 Å². The van der Waals surface area contributed by atoms with Crippen molar-refractivity contribution in [3.63, 3.8) is 0 Å². The van der Waals surface area contributed by atoms with Crippen molar-refractivity contribution >= 4 is 11.7 Å². The molecule has 0 unspecified atom stereocenters. The molecule has 130 valence electrons. The number of nitro groups is 1. The van der Waals surface area contributed by atoms with Crippen molar-refractivity contribution in [3.8, 4) is 0 Å². The average Bonchev–Trinajstić information content (AvgIpc) is 2.62. The highest BCUT2D eigenvalue weighted by Gasteiger charge is 2.63. The van der Waals surface area contributed by atoms with E-state index in [-0.39, 0.29) is 13.0 Å². The van der Waals surface area contributed by atoms with Crippen molar-refractivity contribution in [1.29, 1.82) is 0 Å². The third-order valence-electron chi connectivity index (χ3n) is 4.74. The fraction of sp³-hybridized carbons (Fsp3) is 0.316. The number of esters is 1. The van der Waals surface area contributed by atoms with Crippen molar-refractivity contribution in [2.24, 2.45) is 0 Å². The molecule has 6 heteroatoms. The topological polar surface area (TPSA) is 72.7 Å². The molecule has 1 aliphatic rings. The number of nitrogens with zero attached hydrogens (tertiary/aromatic N) is 2. The minimum Gasteiger partial charge on any atom is -0.461 e. The Morgan fingerprint density at radius 2 is 1.88 bits per heavy atom. The highest BCUT2D eigenvalue weighted by molar-refractivity contribution is 5.84. The number of hydrogen-bond acceptors (Lipinski definition) is 5. The van der Waals surface area contributed by atoms with E-state index in [9.17, 15) is 14.9 Å². The minimum atomic E-state index is -1.89. The lowest BCUT2D eigenvalue weighted by molar-refractivity contribution is -0.560. The third-order valence-corrected chi connectivity index (χ3v) is 4.74. The van der Waals surface area contributed by atoms with Gasteiger partial charge in [0, 0.05) is 17.7 Å². The Hall–Kier alpha value is -2.89. The minimum absolute atomic E-state index is 0.00108. The monoisotopic (exact) mass is 340 g/mol. The predicted octanol–water partition coefficient (Wildman–Crippen LogP) is 3.00. The summed E-state index contributed by atoms with van der Waals surface area (Å²) < 4.78 is 5.15. The second kappa shape index (κ2) is 6.55. The zero-order chi connectivity index (χ0) is 18.0. The van der Waals surface area contributed by atoms with Gasteiger partial charge in [-0.2, -0.15) is 0 Å². The van der Waals surface area contributed by atoms with E-state index in [1.54, 1.807) is 14.0 Å². The summed E-state index contributed by atoms with van der Waals surface area (Å²) in [6, 6.07) is 15.8. The maximum absolute atomic E-state index is 12.8. The summed E-state index contributed by atoms with van der Waals surface area (Å²) in [6.45, 7) is 1.75. The van der Waals surface area contributed by atoms with Gasteiger partial charge >= 0.3 is 11.5 Å². The van der Waals surface area contributed by atoms with Crippen LogP contribution in [0.15, 0.2) is 54.6 Å². The fourth-order valence-electron chi connectivity index (χ4n) is 3.66. The summed E-state index contributed by atoms with van der Waals surface area (Å²) in [6.07, 6.45) is -0.00108. The van der Waals surface area contributed by atoms with E-state index < -0.39 is 22.5 Å². The van der Waals surface area contributed by atoms with E-state index in [0.29, 0.717) is 5.56 Å². The summed E-state index contributed by atoms with van der Waals surface area (Å²) in [7, 11) is 1.78. The van der Waals surface area contributed by atoms with Crippen LogP contribution in [-0.4, -0.2) is 30.1 Å². The largest absolute Gasteiger partial charge is 0.461 e. The molecule has 0 spiro atoms. The van der Waals surface area contributed by atoms with Gasteiger partial charge in [0.2, 0.25) is 0 Å². The number of carbonyl (C=O) groups is 1. The first kappa shape index (κ1) is 17.0. The van der Waals surface area contributed by atoms with E-state index in [1.165, 1.54) is 0 Å². The first-order valence-electron chi connectivity index (χ1n) is 8.19. The van der Waals surface area contributed by atoms with Gasteiger partial charge in [-0.05, 0) is 24.1 Å². The summed E-state index contributed by atoms with van der Waals surface area (Å²) in [4.78, 5) is 26.4. The molecular weight excluding hydrogens is 320 g/mol. The van der Waals surface area contributed by atoms with Crippen molar-refractivity contribution in [2.45, 2.75) is 24.9 Å². The first-order chi connectivity index (χ1) is 12.0. The smallest absolute Gasteiger partial charge is 0.387 e. The van der Waals surface area contributed by atoms with Crippen LogP contribution in [0.3, 0.4) is 0 Å². The van der Waals surface area contributed by atoms with Crippen LogP contribution in [0.4, 0.5) is 5.69 Å².